The zero-order valence-electron chi connectivity index (χ0n) is 31.7. The van der Waals surface area contributed by atoms with Crippen LogP contribution in [0.3, 0.4) is 0 Å². The molecule has 0 saturated carbocycles. The number of pyridine rings is 1. The monoisotopic (exact) mass is 742 g/mol. The van der Waals surface area contributed by atoms with E-state index in [0.717, 1.165) is 33.5 Å². The maximum atomic E-state index is 4.74. The van der Waals surface area contributed by atoms with Gasteiger partial charge in [-0.3, -0.25) is 4.98 Å². The highest BCUT2D eigenvalue weighted by molar-refractivity contribution is 6.12. The van der Waals surface area contributed by atoms with Crippen molar-refractivity contribution in [3.8, 4) is 0 Å². The van der Waals surface area contributed by atoms with Crippen LogP contribution in [0.15, 0.2) is 188 Å². The number of benzene rings is 7. The summed E-state index contributed by atoms with van der Waals surface area (Å²) in [6, 6.07) is 48.6. The van der Waals surface area contributed by atoms with Crippen LogP contribution < -0.4 is 16.0 Å². The number of anilines is 2. The molecule has 4 heterocycles. The van der Waals surface area contributed by atoms with Crippen molar-refractivity contribution in [1.29, 1.82) is 0 Å². The molecule has 7 aromatic carbocycles. The van der Waals surface area contributed by atoms with E-state index in [4.69, 9.17) is 4.98 Å². The average molecular weight is 743 g/mol. The van der Waals surface area contributed by atoms with Gasteiger partial charge in [0.2, 0.25) is 0 Å². The first kappa shape index (κ1) is 32.8. The van der Waals surface area contributed by atoms with Gasteiger partial charge in [0.15, 0.2) is 0 Å². The van der Waals surface area contributed by atoms with E-state index in [0.29, 0.717) is 0 Å². The molecule has 274 valence electrons. The Kier molecular flexibility index (Phi) is 7.39. The second-order valence-electron chi connectivity index (χ2n) is 15.7. The van der Waals surface area contributed by atoms with Crippen LogP contribution in [-0.4, -0.2) is 11.0 Å². The van der Waals surface area contributed by atoms with Gasteiger partial charge in [-0.05, 0) is 101 Å². The van der Waals surface area contributed by atoms with Crippen LogP contribution in [0, 0.1) is 0 Å². The third-order valence-electron chi connectivity index (χ3n) is 12.4. The van der Waals surface area contributed by atoms with Crippen LogP contribution in [0.1, 0.15) is 45.5 Å². The summed E-state index contributed by atoms with van der Waals surface area (Å²) in [7, 11) is 0. The summed E-state index contributed by atoms with van der Waals surface area (Å²) in [4.78, 5) is 4.74. The van der Waals surface area contributed by atoms with Crippen LogP contribution in [0.4, 0.5) is 11.4 Å². The van der Waals surface area contributed by atoms with Gasteiger partial charge in [0.05, 0.1) is 29.3 Å². The number of hydrogen-bond donors (Lipinski definition) is 3. The molecule has 3 N–H and O–H groups in total. The summed E-state index contributed by atoms with van der Waals surface area (Å²) in [5, 5.41) is 20.4. The highest BCUT2D eigenvalue weighted by Crippen LogP contribution is 2.41. The molecule has 0 spiro atoms. The first-order chi connectivity index (χ1) is 28.7. The number of fused-ring (bicyclic) bond motifs is 9. The van der Waals surface area contributed by atoms with Crippen molar-refractivity contribution in [3.05, 3.63) is 221 Å². The van der Waals surface area contributed by atoms with Crippen LogP contribution in [0.2, 0.25) is 0 Å². The topological polar surface area (TPSA) is 49.0 Å². The molecular formula is C54H38N4. The summed E-state index contributed by atoms with van der Waals surface area (Å²) < 4.78 is 0. The molecule has 4 nitrogen and oxygen atoms in total. The molecule has 1 aromatic heterocycles. The highest BCUT2D eigenvalue weighted by Gasteiger charge is 2.25. The molecule has 0 amide bonds. The summed E-state index contributed by atoms with van der Waals surface area (Å²) in [5.74, 6) is 0. The van der Waals surface area contributed by atoms with E-state index in [1.54, 1.807) is 0 Å². The standard InChI is InChI=1S/C54H38N4/c1-2-10-40-37(8-1)30-47(44-14-6-3-11-41(40)44)38-19-15-33-21-26-48(56-51(33)31-38)39-20-16-34-22-27-49(57-52(34)32-39)45-24-25-46(43-13-5-4-12-42(43)45)50-28-23-36-18-17-35-9-7-29-55-53(35)54(36)58-50/h1-32,49-51,56-58H. The summed E-state index contributed by atoms with van der Waals surface area (Å²) in [5.41, 5.74) is 14.1. The maximum absolute atomic E-state index is 4.74. The summed E-state index contributed by atoms with van der Waals surface area (Å²) in [6.07, 6.45) is 22.3. The predicted molar refractivity (Wildman–Crippen MR) is 244 cm³/mol. The molecule has 4 heteroatoms. The third kappa shape index (κ3) is 5.33. The Hall–Kier alpha value is -7.43. The largest absolute Gasteiger partial charge is 0.374 e. The number of hydrogen-bond acceptors (Lipinski definition) is 4. The molecule has 3 unspecified atom stereocenters. The molecule has 1 aliphatic carbocycles. The van der Waals surface area contributed by atoms with Crippen molar-refractivity contribution in [2.75, 3.05) is 10.6 Å². The fourth-order valence-corrected chi connectivity index (χ4v) is 9.47. The zero-order chi connectivity index (χ0) is 38.2. The average Bonchev–Trinajstić information content (AvgIpc) is 3.30. The predicted octanol–water partition coefficient (Wildman–Crippen LogP) is 12.9. The van der Waals surface area contributed by atoms with E-state index in [2.05, 4.69) is 198 Å². The smallest absolute Gasteiger partial charge is 0.0939 e. The fourth-order valence-electron chi connectivity index (χ4n) is 9.47. The first-order valence-electron chi connectivity index (χ1n) is 20.1. The van der Waals surface area contributed by atoms with Crippen LogP contribution in [-0.2, 0) is 0 Å². The van der Waals surface area contributed by atoms with Crippen molar-refractivity contribution in [2.45, 2.75) is 18.1 Å². The van der Waals surface area contributed by atoms with Crippen molar-refractivity contribution in [1.82, 2.24) is 10.3 Å². The number of nitrogens with zero attached hydrogens (tertiary/aromatic N) is 1. The van der Waals surface area contributed by atoms with Gasteiger partial charge in [-0.15, -0.1) is 0 Å². The minimum absolute atomic E-state index is 0.0240. The molecule has 3 aliphatic heterocycles. The SMILES string of the molecule is C1=CC2=CC=C(c3ccc4c(c3)NC(c3ccc(C5C=Cc6ccc7cccnc7c6N5)c5ccccc35)C=C4)NC2C=C1c1cc2ccccc2c2ccccc12. The van der Waals surface area contributed by atoms with Gasteiger partial charge < -0.3 is 16.0 Å². The van der Waals surface area contributed by atoms with E-state index in [1.165, 1.54) is 71.3 Å². The number of nitrogens with one attached hydrogen (secondary N) is 3. The van der Waals surface area contributed by atoms with E-state index in [9.17, 15) is 0 Å². The van der Waals surface area contributed by atoms with E-state index >= 15 is 0 Å². The Morgan fingerprint density at radius 3 is 2.03 bits per heavy atom. The quantitative estimate of drug-likeness (QED) is 0.157. The highest BCUT2D eigenvalue weighted by atomic mass is 15.0. The van der Waals surface area contributed by atoms with E-state index in [1.807, 2.05) is 12.3 Å². The van der Waals surface area contributed by atoms with Gasteiger partial charge in [0.1, 0.15) is 0 Å². The lowest BCUT2D eigenvalue weighted by Gasteiger charge is -2.29. The van der Waals surface area contributed by atoms with Gasteiger partial charge in [-0.1, -0.05) is 164 Å². The molecule has 12 rings (SSSR count). The summed E-state index contributed by atoms with van der Waals surface area (Å²) in [6.45, 7) is 0. The number of allylic oxidation sites excluding steroid dienone is 4. The Morgan fingerprint density at radius 2 is 1.19 bits per heavy atom. The van der Waals surface area contributed by atoms with Crippen LogP contribution in [0.25, 0.3) is 66.6 Å². The van der Waals surface area contributed by atoms with E-state index < -0.39 is 0 Å². The second-order valence-corrected chi connectivity index (χ2v) is 15.7. The molecule has 0 radical (unpaired) electrons. The summed E-state index contributed by atoms with van der Waals surface area (Å²) >= 11 is 0. The molecule has 0 fully saturated rings. The number of rotatable bonds is 4. The van der Waals surface area contributed by atoms with Crippen molar-refractivity contribution >= 4 is 78.0 Å². The molecule has 58 heavy (non-hydrogen) atoms. The van der Waals surface area contributed by atoms with Crippen molar-refractivity contribution in [2.24, 2.45) is 0 Å². The Balaban J connectivity index is 0.832. The van der Waals surface area contributed by atoms with Gasteiger partial charge in [0.25, 0.3) is 0 Å². The van der Waals surface area contributed by atoms with Gasteiger partial charge in [0, 0.05) is 23.0 Å². The fraction of sp³-hybridized carbons (Fsp3) is 0.0556. The lowest BCUT2D eigenvalue weighted by Crippen LogP contribution is -2.31. The maximum Gasteiger partial charge on any atom is 0.0939 e. The number of dihydropyridines is 1. The van der Waals surface area contributed by atoms with Crippen molar-refractivity contribution in [3.63, 3.8) is 0 Å². The Morgan fingerprint density at radius 1 is 0.483 bits per heavy atom. The molecule has 8 aromatic rings. The first-order valence-corrected chi connectivity index (χ1v) is 20.1. The van der Waals surface area contributed by atoms with E-state index in [-0.39, 0.29) is 18.1 Å². The lowest BCUT2D eigenvalue weighted by atomic mass is 9.87. The molecule has 0 bridgehead atoms. The normalized spacial score (nSPS) is 19.0. The van der Waals surface area contributed by atoms with Gasteiger partial charge in [-0.25, -0.2) is 0 Å². The van der Waals surface area contributed by atoms with Crippen molar-refractivity contribution < 1.29 is 0 Å². The van der Waals surface area contributed by atoms with Gasteiger partial charge in [-0.2, -0.15) is 0 Å². The molecule has 4 aliphatic rings. The number of aromatic nitrogens is 1. The molecular weight excluding hydrogens is 705 g/mol. The minimum Gasteiger partial charge on any atom is -0.374 e. The Bertz CT molecular complexity index is 3230. The molecule has 3 atom stereocenters. The third-order valence-corrected chi connectivity index (χ3v) is 12.4. The van der Waals surface area contributed by atoms with Crippen LogP contribution in [0.5, 0.6) is 0 Å². The lowest BCUT2D eigenvalue weighted by molar-refractivity contribution is 0.815. The zero-order valence-corrected chi connectivity index (χ0v) is 31.7. The van der Waals surface area contributed by atoms with Crippen LogP contribution >= 0.6 is 0 Å². The Labute approximate surface area is 337 Å². The van der Waals surface area contributed by atoms with Gasteiger partial charge >= 0.3 is 0 Å². The second kappa shape index (κ2) is 13.1. The minimum atomic E-state index is 0.0240. The molecule has 0 saturated heterocycles.